The molecule has 0 fully saturated rings. The number of carbonyl (C=O) groups is 1. The molecule has 0 aliphatic carbocycles. The molecule has 4 nitrogen and oxygen atoms in total. The van der Waals surface area contributed by atoms with Gasteiger partial charge in [-0.15, -0.1) is 0 Å². The third-order valence-electron chi connectivity index (χ3n) is 2.46. The number of carbonyl (C=O) groups excluding carboxylic acids is 1. The topological polar surface area (TPSA) is 46.9 Å². The molecule has 0 unspecified atom stereocenters. The molecular weight excluding hydrogens is 318 g/mol. The molecule has 6 heteroatoms. The molecule has 2 rings (SSSR count). The van der Waals surface area contributed by atoms with E-state index >= 15 is 0 Å². The van der Waals surface area contributed by atoms with Gasteiger partial charge in [-0.3, -0.25) is 9.48 Å². The van der Waals surface area contributed by atoms with Gasteiger partial charge in [0, 0.05) is 17.7 Å². The fraction of sp³-hybridized carbons (Fsp3) is 0.167. The average Bonchev–Trinajstić information content (AvgIpc) is 2.61. The van der Waals surface area contributed by atoms with Gasteiger partial charge >= 0.3 is 0 Å². The van der Waals surface area contributed by atoms with Gasteiger partial charge in [-0.25, -0.2) is 0 Å². The Bertz CT molecular complexity index is 609. The van der Waals surface area contributed by atoms with Gasteiger partial charge < -0.3 is 5.32 Å². The number of aryl methyl sites for hydroxylation is 2. The van der Waals surface area contributed by atoms with Crippen molar-refractivity contribution in [3.05, 3.63) is 45.1 Å². The molecule has 0 atom stereocenters. The first-order valence-electron chi connectivity index (χ1n) is 5.24. The van der Waals surface area contributed by atoms with Crippen LogP contribution in [-0.2, 0) is 7.05 Å². The number of anilines is 1. The molecule has 0 aliphatic rings. The lowest BCUT2D eigenvalue weighted by molar-refractivity contribution is 0.102. The van der Waals surface area contributed by atoms with Crippen molar-refractivity contribution in [2.45, 2.75) is 6.92 Å². The molecule has 1 heterocycles. The number of rotatable bonds is 2. The molecule has 1 aromatic carbocycles. The highest BCUT2D eigenvalue weighted by atomic mass is 79.9. The van der Waals surface area contributed by atoms with Gasteiger partial charge in [-0.05, 0) is 35.0 Å². The minimum absolute atomic E-state index is 0.252. The summed E-state index contributed by atoms with van der Waals surface area (Å²) in [7, 11) is 1.80. The van der Waals surface area contributed by atoms with Gasteiger partial charge in [0.1, 0.15) is 0 Å². The van der Waals surface area contributed by atoms with Crippen LogP contribution in [0.2, 0.25) is 5.02 Å². The summed E-state index contributed by atoms with van der Waals surface area (Å²) >= 11 is 9.36. The number of nitrogens with one attached hydrogen (secondary N) is 1. The van der Waals surface area contributed by atoms with Crippen molar-refractivity contribution in [1.29, 1.82) is 0 Å². The molecule has 0 bridgehead atoms. The molecule has 2 aromatic rings. The van der Waals surface area contributed by atoms with Crippen LogP contribution in [0, 0.1) is 6.92 Å². The largest absolute Gasteiger partial charge is 0.319 e. The molecule has 1 aromatic heterocycles. The lowest BCUT2D eigenvalue weighted by atomic mass is 10.2. The van der Waals surface area contributed by atoms with Gasteiger partial charge in [0.15, 0.2) is 0 Å². The fourth-order valence-corrected chi connectivity index (χ4v) is 2.17. The summed E-state index contributed by atoms with van der Waals surface area (Å²) in [5, 5.41) is 7.34. The van der Waals surface area contributed by atoms with Crippen LogP contribution in [0.5, 0.6) is 0 Å². The predicted molar refractivity (Wildman–Crippen MR) is 75.1 cm³/mol. The monoisotopic (exact) mass is 327 g/mol. The molecule has 0 radical (unpaired) electrons. The smallest absolute Gasteiger partial charge is 0.257 e. The van der Waals surface area contributed by atoms with E-state index in [1.54, 1.807) is 36.1 Å². The predicted octanol–water partition coefficient (Wildman–Crippen LogP) is 3.40. The molecule has 1 N–H and O–H groups in total. The zero-order valence-electron chi connectivity index (χ0n) is 9.87. The second-order valence-electron chi connectivity index (χ2n) is 3.86. The van der Waals surface area contributed by atoms with E-state index < -0.39 is 0 Å². The van der Waals surface area contributed by atoms with Gasteiger partial charge in [0.25, 0.3) is 5.91 Å². The maximum Gasteiger partial charge on any atom is 0.257 e. The molecule has 18 heavy (non-hydrogen) atoms. The first-order chi connectivity index (χ1) is 8.49. The Morgan fingerprint density at radius 2 is 2.22 bits per heavy atom. The van der Waals surface area contributed by atoms with Crippen LogP contribution >= 0.6 is 27.5 Å². The Hall–Kier alpha value is -1.33. The maximum absolute atomic E-state index is 12.1. The highest BCUT2D eigenvalue weighted by Gasteiger charge is 2.14. The number of benzene rings is 1. The van der Waals surface area contributed by atoms with Crippen LogP contribution in [-0.4, -0.2) is 15.7 Å². The highest BCUT2D eigenvalue weighted by Crippen LogP contribution is 2.26. The first kappa shape index (κ1) is 13.1. The van der Waals surface area contributed by atoms with E-state index in [0.29, 0.717) is 20.7 Å². The summed E-state index contributed by atoms with van der Waals surface area (Å²) in [5.74, 6) is -0.252. The van der Waals surface area contributed by atoms with E-state index in [1.165, 1.54) is 0 Å². The Labute approximate surface area is 118 Å². The quantitative estimate of drug-likeness (QED) is 0.918. The maximum atomic E-state index is 12.1. The van der Waals surface area contributed by atoms with Gasteiger partial charge in [-0.1, -0.05) is 17.7 Å². The summed E-state index contributed by atoms with van der Waals surface area (Å²) in [6.45, 7) is 1.83. The molecule has 1 amide bonds. The van der Waals surface area contributed by atoms with Crippen molar-refractivity contribution in [2.75, 3.05) is 5.32 Å². The van der Waals surface area contributed by atoms with E-state index in [9.17, 15) is 4.79 Å². The summed E-state index contributed by atoms with van der Waals surface area (Å²) in [4.78, 5) is 12.1. The van der Waals surface area contributed by atoms with Crippen LogP contribution in [0.3, 0.4) is 0 Å². The van der Waals surface area contributed by atoms with Gasteiger partial charge in [0.2, 0.25) is 0 Å². The third kappa shape index (κ3) is 2.57. The normalized spacial score (nSPS) is 10.4. The number of amides is 1. The zero-order chi connectivity index (χ0) is 13.3. The number of nitrogens with zero attached hydrogens (tertiary/aromatic N) is 2. The van der Waals surface area contributed by atoms with Crippen molar-refractivity contribution in [3.8, 4) is 0 Å². The standard InChI is InChI=1S/C12H11BrClN3O/c1-7-10(6-17(2)16-7)15-12(18)8-4-3-5-9(13)11(8)14/h3-6H,1-2H3,(H,15,18). The van der Waals surface area contributed by atoms with Crippen LogP contribution in [0.15, 0.2) is 28.9 Å². The third-order valence-corrected chi connectivity index (χ3v) is 3.75. The second-order valence-corrected chi connectivity index (χ2v) is 5.09. The number of halogens is 2. The van der Waals surface area contributed by atoms with E-state index in [4.69, 9.17) is 11.6 Å². The van der Waals surface area contributed by atoms with Gasteiger partial charge in [0.05, 0.1) is 22.0 Å². The van der Waals surface area contributed by atoms with Crippen molar-refractivity contribution in [3.63, 3.8) is 0 Å². The highest BCUT2D eigenvalue weighted by molar-refractivity contribution is 9.10. The zero-order valence-corrected chi connectivity index (χ0v) is 12.2. The average molecular weight is 329 g/mol. The Morgan fingerprint density at radius 3 is 2.83 bits per heavy atom. The Balaban J connectivity index is 2.27. The van der Waals surface area contributed by atoms with E-state index in [1.807, 2.05) is 6.92 Å². The van der Waals surface area contributed by atoms with E-state index in [0.717, 1.165) is 5.69 Å². The molecule has 94 valence electrons. The van der Waals surface area contributed by atoms with Crippen LogP contribution in [0.1, 0.15) is 16.1 Å². The van der Waals surface area contributed by atoms with Gasteiger partial charge in [-0.2, -0.15) is 5.10 Å². The lowest BCUT2D eigenvalue weighted by Gasteiger charge is -2.06. The molecule has 0 aliphatic heterocycles. The van der Waals surface area contributed by atoms with Crippen molar-refractivity contribution >= 4 is 39.1 Å². The molecule has 0 saturated heterocycles. The minimum Gasteiger partial charge on any atom is -0.319 e. The van der Waals surface area contributed by atoms with Crippen molar-refractivity contribution in [2.24, 2.45) is 7.05 Å². The molecule has 0 saturated carbocycles. The Morgan fingerprint density at radius 1 is 1.50 bits per heavy atom. The minimum atomic E-state index is -0.252. The number of hydrogen-bond donors (Lipinski definition) is 1. The number of hydrogen-bond acceptors (Lipinski definition) is 2. The summed E-state index contributed by atoms with van der Waals surface area (Å²) < 4.78 is 2.34. The first-order valence-corrected chi connectivity index (χ1v) is 6.41. The van der Waals surface area contributed by atoms with Crippen LogP contribution in [0.25, 0.3) is 0 Å². The van der Waals surface area contributed by atoms with Crippen LogP contribution < -0.4 is 5.32 Å². The second kappa shape index (κ2) is 5.12. The summed E-state index contributed by atoms with van der Waals surface area (Å²) in [6.07, 6.45) is 1.75. The van der Waals surface area contributed by atoms with E-state index in [-0.39, 0.29) is 5.91 Å². The SMILES string of the molecule is Cc1nn(C)cc1NC(=O)c1cccc(Br)c1Cl. The Kier molecular flexibility index (Phi) is 3.73. The number of aromatic nitrogens is 2. The molecular formula is C12H11BrClN3O. The summed E-state index contributed by atoms with van der Waals surface area (Å²) in [6, 6.07) is 5.23. The van der Waals surface area contributed by atoms with Crippen molar-refractivity contribution in [1.82, 2.24) is 9.78 Å². The van der Waals surface area contributed by atoms with E-state index in [2.05, 4.69) is 26.3 Å². The fourth-order valence-electron chi connectivity index (χ4n) is 1.59. The molecule has 0 spiro atoms. The van der Waals surface area contributed by atoms with Crippen molar-refractivity contribution < 1.29 is 4.79 Å². The lowest BCUT2D eigenvalue weighted by Crippen LogP contribution is -2.12. The summed E-state index contributed by atoms with van der Waals surface area (Å²) in [5.41, 5.74) is 1.87. The van der Waals surface area contributed by atoms with Crippen LogP contribution in [0.4, 0.5) is 5.69 Å².